The van der Waals surface area contributed by atoms with Gasteiger partial charge in [0.15, 0.2) is 5.16 Å². The molecule has 0 radical (unpaired) electrons. The van der Waals surface area contributed by atoms with Gasteiger partial charge in [0.25, 0.3) is 0 Å². The van der Waals surface area contributed by atoms with Crippen LogP contribution in [-0.2, 0) is 11.3 Å². The standard InChI is InChI=1S/C18H18ClN3OS/c1-2-16(17(20)23)24-18-21-14-10-13(19)8-9-15(14)22(18)11-12-6-4-3-5-7-12/h3-10,16H,2,11H2,1H3,(H2,20,23). The molecule has 2 aromatic carbocycles. The number of nitrogens with two attached hydrogens (primary N) is 1. The third-order valence-electron chi connectivity index (χ3n) is 3.79. The Balaban J connectivity index is 2.05. The highest BCUT2D eigenvalue weighted by molar-refractivity contribution is 8.00. The number of hydrogen-bond donors (Lipinski definition) is 1. The topological polar surface area (TPSA) is 60.9 Å². The molecule has 0 saturated carbocycles. The molecule has 0 fully saturated rings. The van der Waals surface area contributed by atoms with Crippen LogP contribution in [0, 0.1) is 0 Å². The van der Waals surface area contributed by atoms with Crippen molar-refractivity contribution in [1.82, 2.24) is 9.55 Å². The minimum atomic E-state index is -0.321. The minimum absolute atomic E-state index is 0.299. The molecule has 124 valence electrons. The summed E-state index contributed by atoms with van der Waals surface area (Å²) in [5.41, 5.74) is 8.48. The van der Waals surface area contributed by atoms with Crippen LogP contribution in [0.1, 0.15) is 18.9 Å². The molecular weight excluding hydrogens is 342 g/mol. The molecule has 0 bridgehead atoms. The summed E-state index contributed by atoms with van der Waals surface area (Å²) in [7, 11) is 0. The summed E-state index contributed by atoms with van der Waals surface area (Å²) in [6.07, 6.45) is 0.662. The van der Waals surface area contributed by atoms with Gasteiger partial charge in [-0.1, -0.05) is 60.6 Å². The molecule has 1 aromatic heterocycles. The van der Waals surface area contributed by atoms with E-state index in [4.69, 9.17) is 17.3 Å². The lowest BCUT2D eigenvalue weighted by atomic mass is 10.2. The number of carbonyl (C=O) groups is 1. The van der Waals surface area contributed by atoms with Crippen LogP contribution in [0.4, 0.5) is 0 Å². The Morgan fingerprint density at radius 3 is 2.71 bits per heavy atom. The number of amides is 1. The molecule has 6 heteroatoms. The summed E-state index contributed by atoms with van der Waals surface area (Å²) >= 11 is 7.50. The molecule has 0 aliphatic rings. The zero-order valence-electron chi connectivity index (χ0n) is 13.3. The van der Waals surface area contributed by atoms with Gasteiger partial charge in [-0.3, -0.25) is 4.79 Å². The van der Waals surface area contributed by atoms with Crippen molar-refractivity contribution in [3.8, 4) is 0 Å². The van der Waals surface area contributed by atoms with Gasteiger partial charge in [0.05, 0.1) is 22.8 Å². The third-order valence-corrected chi connectivity index (χ3v) is 5.40. The summed E-state index contributed by atoms with van der Waals surface area (Å²) in [4.78, 5) is 16.3. The Hall–Kier alpha value is -1.98. The van der Waals surface area contributed by atoms with Crippen molar-refractivity contribution >= 4 is 40.3 Å². The number of nitrogens with zero attached hydrogens (tertiary/aromatic N) is 2. The maximum absolute atomic E-state index is 11.6. The number of fused-ring (bicyclic) bond motifs is 1. The Morgan fingerprint density at radius 1 is 1.29 bits per heavy atom. The largest absolute Gasteiger partial charge is 0.369 e. The fraction of sp³-hybridized carbons (Fsp3) is 0.222. The van der Waals surface area contributed by atoms with Gasteiger partial charge < -0.3 is 10.3 Å². The normalized spacial score (nSPS) is 12.4. The lowest BCUT2D eigenvalue weighted by Gasteiger charge is -2.13. The van der Waals surface area contributed by atoms with Gasteiger partial charge in [0.1, 0.15) is 0 Å². The number of primary amides is 1. The van der Waals surface area contributed by atoms with E-state index in [1.165, 1.54) is 17.3 Å². The van der Waals surface area contributed by atoms with Crippen LogP contribution in [0.5, 0.6) is 0 Å². The average Bonchev–Trinajstić information content (AvgIpc) is 2.89. The van der Waals surface area contributed by atoms with Crippen molar-refractivity contribution < 1.29 is 4.79 Å². The van der Waals surface area contributed by atoms with Crippen molar-refractivity contribution in [3.05, 3.63) is 59.1 Å². The maximum Gasteiger partial charge on any atom is 0.231 e. The fourth-order valence-corrected chi connectivity index (χ4v) is 3.70. The van der Waals surface area contributed by atoms with Gasteiger partial charge in [-0.25, -0.2) is 4.98 Å². The Kier molecular flexibility index (Phi) is 5.11. The average molecular weight is 360 g/mol. The second-order valence-corrected chi connectivity index (χ2v) is 7.12. The molecule has 0 aliphatic heterocycles. The third kappa shape index (κ3) is 3.57. The Labute approximate surface area is 150 Å². The van der Waals surface area contributed by atoms with E-state index in [1.54, 1.807) is 0 Å². The predicted molar refractivity (Wildman–Crippen MR) is 99.4 cm³/mol. The zero-order chi connectivity index (χ0) is 17.1. The molecule has 3 aromatic rings. The van der Waals surface area contributed by atoms with Crippen molar-refractivity contribution in [2.24, 2.45) is 5.73 Å². The van der Waals surface area contributed by atoms with Crippen molar-refractivity contribution in [3.63, 3.8) is 0 Å². The smallest absolute Gasteiger partial charge is 0.231 e. The summed E-state index contributed by atoms with van der Waals surface area (Å²) in [6, 6.07) is 15.8. The molecule has 4 nitrogen and oxygen atoms in total. The monoisotopic (exact) mass is 359 g/mol. The first kappa shape index (κ1) is 16.9. The molecule has 3 rings (SSSR count). The number of thioether (sulfide) groups is 1. The maximum atomic E-state index is 11.6. The second-order valence-electron chi connectivity index (χ2n) is 5.52. The van der Waals surface area contributed by atoms with E-state index < -0.39 is 0 Å². The van der Waals surface area contributed by atoms with Crippen LogP contribution in [-0.4, -0.2) is 20.7 Å². The highest BCUT2D eigenvalue weighted by Crippen LogP contribution is 2.30. The van der Waals surface area contributed by atoms with E-state index in [1.807, 2.05) is 43.3 Å². The van der Waals surface area contributed by atoms with E-state index in [2.05, 4.69) is 21.7 Å². The fourth-order valence-electron chi connectivity index (χ4n) is 2.56. The summed E-state index contributed by atoms with van der Waals surface area (Å²) in [5.74, 6) is -0.321. The van der Waals surface area contributed by atoms with Crippen LogP contribution in [0.3, 0.4) is 0 Å². The van der Waals surface area contributed by atoms with E-state index in [0.717, 1.165) is 16.2 Å². The van der Waals surface area contributed by atoms with Crippen LogP contribution in [0.15, 0.2) is 53.7 Å². The van der Waals surface area contributed by atoms with E-state index in [-0.39, 0.29) is 11.2 Å². The number of carbonyl (C=O) groups excluding carboxylic acids is 1. The Morgan fingerprint density at radius 2 is 2.04 bits per heavy atom. The van der Waals surface area contributed by atoms with E-state index >= 15 is 0 Å². The Bertz CT molecular complexity index is 863. The van der Waals surface area contributed by atoms with Gasteiger partial charge >= 0.3 is 0 Å². The minimum Gasteiger partial charge on any atom is -0.369 e. The van der Waals surface area contributed by atoms with Crippen LogP contribution in [0.25, 0.3) is 11.0 Å². The number of benzene rings is 2. The molecule has 0 aliphatic carbocycles. The zero-order valence-corrected chi connectivity index (χ0v) is 14.8. The highest BCUT2D eigenvalue weighted by atomic mass is 35.5. The summed E-state index contributed by atoms with van der Waals surface area (Å²) in [6.45, 7) is 2.62. The van der Waals surface area contributed by atoms with Gasteiger partial charge in [0, 0.05) is 5.02 Å². The molecule has 1 heterocycles. The molecule has 0 saturated heterocycles. The lowest BCUT2D eigenvalue weighted by Crippen LogP contribution is -2.25. The van der Waals surface area contributed by atoms with Gasteiger partial charge in [-0.15, -0.1) is 0 Å². The number of halogens is 1. The van der Waals surface area contributed by atoms with E-state index in [9.17, 15) is 4.79 Å². The number of aromatic nitrogens is 2. The summed E-state index contributed by atoms with van der Waals surface area (Å²) in [5, 5.41) is 1.12. The van der Waals surface area contributed by atoms with Crippen molar-refractivity contribution in [1.29, 1.82) is 0 Å². The molecular formula is C18H18ClN3OS. The molecule has 0 spiro atoms. The number of rotatable bonds is 6. The summed E-state index contributed by atoms with van der Waals surface area (Å²) < 4.78 is 2.11. The first-order chi connectivity index (χ1) is 11.6. The van der Waals surface area contributed by atoms with Crippen molar-refractivity contribution in [2.45, 2.75) is 30.3 Å². The number of imidazole rings is 1. The highest BCUT2D eigenvalue weighted by Gasteiger charge is 2.20. The number of hydrogen-bond acceptors (Lipinski definition) is 3. The molecule has 24 heavy (non-hydrogen) atoms. The molecule has 1 atom stereocenters. The van der Waals surface area contributed by atoms with Gasteiger partial charge in [0.2, 0.25) is 5.91 Å². The van der Waals surface area contributed by atoms with Gasteiger partial charge in [-0.05, 0) is 30.2 Å². The molecule has 1 amide bonds. The van der Waals surface area contributed by atoms with Crippen LogP contribution in [0.2, 0.25) is 5.02 Å². The van der Waals surface area contributed by atoms with E-state index in [0.29, 0.717) is 18.0 Å². The second kappa shape index (κ2) is 7.28. The quantitative estimate of drug-likeness (QED) is 0.674. The molecule has 2 N–H and O–H groups in total. The predicted octanol–water partition coefficient (Wildman–Crippen LogP) is 4.09. The first-order valence-electron chi connectivity index (χ1n) is 7.74. The SMILES string of the molecule is CCC(Sc1nc2cc(Cl)ccc2n1Cc1ccccc1)C(N)=O. The van der Waals surface area contributed by atoms with Crippen LogP contribution >= 0.6 is 23.4 Å². The first-order valence-corrected chi connectivity index (χ1v) is 9.00. The van der Waals surface area contributed by atoms with Gasteiger partial charge in [-0.2, -0.15) is 0 Å². The molecule has 1 unspecified atom stereocenters. The van der Waals surface area contributed by atoms with Crippen LogP contribution < -0.4 is 5.73 Å². The lowest BCUT2D eigenvalue weighted by molar-refractivity contribution is -0.117. The van der Waals surface area contributed by atoms with Crippen molar-refractivity contribution in [2.75, 3.05) is 0 Å².